The number of hydrogen-bond acceptors (Lipinski definition) is 5. The third-order valence-corrected chi connectivity index (χ3v) is 6.52. The lowest BCUT2D eigenvalue weighted by Gasteiger charge is -2.15. The van der Waals surface area contributed by atoms with Crippen molar-refractivity contribution in [2.45, 2.75) is 30.5 Å². The van der Waals surface area contributed by atoms with Gasteiger partial charge in [-0.3, -0.25) is 4.72 Å². The Bertz CT molecular complexity index is 1020. The summed E-state index contributed by atoms with van der Waals surface area (Å²) < 4.78 is 59.7. The highest BCUT2D eigenvalue weighted by atomic mass is 35.5. The first kappa shape index (κ1) is 21.5. The van der Waals surface area contributed by atoms with Crippen molar-refractivity contribution in [1.29, 1.82) is 0 Å². The van der Waals surface area contributed by atoms with E-state index in [1.165, 1.54) is 25.3 Å². The van der Waals surface area contributed by atoms with Gasteiger partial charge < -0.3 is 4.74 Å². The Kier molecular flexibility index (Phi) is 6.74. The number of sulfonamides is 2. The minimum absolute atomic E-state index is 0.0335. The number of benzene rings is 2. The Morgan fingerprint density at radius 3 is 2.37 bits per heavy atom. The Hall–Kier alpha value is -1.81. The van der Waals surface area contributed by atoms with Crippen molar-refractivity contribution in [1.82, 2.24) is 4.72 Å². The monoisotopic (exact) mass is 432 g/mol. The van der Waals surface area contributed by atoms with Crippen LogP contribution < -0.4 is 14.2 Å². The number of methoxy groups -OCH3 is 1. The van der Waals surface area contributed by atoms with Gasteiger partial charge in [0, 0.05) is 11.1 Å². The Morgan fingerprint density at radius 2 is 1.78 bits per heavy atom. The molecule has 27 heavy (non-hydrogen) atoms. The predicted molar refractivity (Wildman–Crippen MR) is 106 cm³/mol. The zero-order valence-electron chi connectivity index (χ0n) is 15.1. The Morgan fingerprint density at radius 1 is 1.07 bits per heavy atom. The molecular formula is C17H21ClN2O5S2. The van der Waals surface area contributed by atoms with Crippen molar-refractivity contribution in [3.63, 3.8) is 0 Å². The van der Waals surface area contributed by atoms with Gasteiger partial charge in [-0.2, -0.15) is 0 Å². The van der Waals surface area contributed by atoms with Gasteiger partial charge in [-0.15, -0.1) is 0 Å². The third-order valence-electron chi connectivity index (χ3n) is 3.38. The number of hydrogen-bond donors (Lipinski definition) is 2. The molecule has 0 bridgehead atoms. The Labute approximate surface area is 164 Å². The van der Waals surface area contributed by atoms with Crippen LogP contribution in [0, 0.1) is 0 Å². The van der Waals surface area contributed by atoms with E-state index >= 15 is 0 Å². The molecule has 2 aromatic carbocycles. The van der Waals surface area contributed by atoms with Gasteiger partial charge >= 0.3 is 0 Å². The van der Waals surface area contributed by atoms with E-state index in [0.717, 1.165) is 0 Å². The molecule has 0 aliphatic carbocycles. The molecule has 0 aromatic heterocycles. The van der Waals surface area contributed by atoms with Crippen molar-refractivity contribution in [3.8, 4) is 5.75 Å². The minimum Gasteiger partial charge on any atom is -0.495 e. The summed E-state index contributed by atoms with van der Waals surface area (Å²) in [5.41, 5.74) is 0.533. The molecule has 0 spiro atoms. The number of anilines is 1. The summed E-state index contributed by atoms with van der Waals surface area (Å²) in [5.74, 6) is -0.119. The summed E-state index contributed by atoms with van der Waals surface area (Å²) in [5, 5.41) is 0.424. The first-order valence-corrected chi connectivity index (χ1v) is 11.5. The van der Waals surface area contributed by atoms with Crippen molar-refractivity contribution in [3.05, 3.63) is 53.1 Å². The van der Waals surface area contributed by atoms with Crippen LogP contribution in [0.25, 0.3) is 0 Å². The first-order valence-electron chi connectivity index (χ1n) is 7.98. The second-order valence-corrected chi connectivity index (χ2v) is 10.0. The van der Waals surface area contributed by atoms with E-state index in [0.29, 0.717) is 10.6 Å². The van der Waals surface area contributed by atoms with Gasteiger partial charge in [0.15, 0.2) is 0 Å². The van der Waals surface area contributed by atoms with Crippen LogP contribution in [0.1, 0.15) is 19.4 Å². The van der Waals surface area contributed by atoms with E-state index in [-0.39, 0.29) is 28.1 Å². The van der Waals surface area contributed by atoms with Gasteiger partial charge in [0.2, 0.25) is 20.0 Å². The zero-order chi connectivity index (χ0) is 20.2. The van der Waals surface area contributed by atoms with Crippen molar-refractivity contribution in [2.75, 3.05) is 11.8 Å². The molecule has 148 valence electrons. The summed E-state index contributed by atoms with van der Waals surface area (Å²) in [6.45, 7) is 3.38. The molecule has 0 aliphatic heterocycles. The average Bonchev–Trinajstić information content (AvgIpc) is 2.52. The average molecular weight is 433 g/mol. The van der Waals surface area contributed by atoms with E-state index in [1.54, 1.807) is 38.1 Å². The highest BCUT2D eigenvalue weighted by Gasteiger charge is 2.20. The van der Waals surface area contributed by atoms with Gasteiger partial charge in [-0.1, -0.05) is 23.7 Å². The molecule has 2 rings (SSSR count). The SMILES string of the molecule is COc1ccc(S(=O)(=O)NC(C)C)cc1NS(=O)(=O)Cc1cccc(Cl)c1. The normalized spacial score (nSPS) is 12.2. The van der Waals surface area contributed by atoms with Gasteiger partial charge in [-0.25, -0.2) is 21.6 Å². The molecule has 0 heterocycles. The standard InChI is InChI=1S/C17H21ClN2O5S2/c1-12(2)19-27(23,24)15-7-8-17(25-3)16(10-15)20-26(21,22)11-13-5-4-6-14(18)9-13/h4-10,12,19-20H,11H2,1-3H3. The number of ether oxygens (including phenoxy) is 1. The Balaban J connectivity index is 2.35. The molecule has 7 nitrogen and oxygen atoms in total. The van der Waals surface area contributed by atoms with Crippen LogP contribution in [-0.2, 0) is 25.8 Å². The molecule has 2 aromatic rings. The topological polar surface area (TPSA) is 102 Å². The lowest BCUT2D eigenvalue weighted by molar-refractivity contribution is 0.416. The van der Waals surface area contributed by atoms with E-state index < -0.39 is 20.0 Å². The van der Waals surface area contributed by atoms with Crippen LogP contribution >= 0.6 is 11.6 Å². The van der Waals surface area contributed by atoms with E-state index in [1.807, 2.05) is 0 Å². The molecule has 2 N–H and O–H groups in total. The summed E-state index contributed by atoms with van der Waals surface area (Å²) in [4.78, 5) is -0.0718. The smallest absolute Gasteiger partial charge is 0.240 e. The van der Waals surface area contributed by atoms with Crippen molar-refractivity contribution in [2.24, 2.45) is 0 Å². The molecule has 10 heteroatoms. The van der Waals surface area contributed by atoms with Gasteiger partial charge in [0.05, 0.1) is 23.4 Å². The molecular weight excluding hydrogens is 412 g/mol. The second-order valence-electron chi connectivity index (χ2n) is 6.13. The molecule has 0 saturated carbocycles. The van der Waals surface area contributed by atoms with Crippen LogP contribution in [-0.4, -0.2) is 30.0 Å². The summed E-state index contributed by atoms with van der Waals surface area (Å²) in [6.07, 6.45) is 0. The van der Waals surface area contributed by atoms with Crippen LogP contribution in [0.15, 0.2) is 47.4 Å². The van der Waals surface area contributed by atoms with E-state index in [9.17, 15) is 16.8 Å². The fraction of sp³-hybridized carbons (Fsp3) is 0.294. The summed E-state index contributed by atoms with van der Waals surface area (Å²) in [6, 6.07) is 10.1. The van der Waals surface area contributed by atoms with Crippen LogP contribution in [0.5, 0.6) is 5.75 Å². The highest BCUT2D eigenvalue weighted by molar-refractivity contribution is 7.92. The molecule has 0 fully saturated rings. The maximum Gasteiger partial charge on any atom is 0.240 e. The van der Waals surface area contributed by atoms with Crippen LogP contribution in [0.4, 0.5) is 5.69 Å². The third kappa shape index (κ3) is 6.10. The maximum atomic E-state index is 12.5. The highest BCUT2D eigenvalue weighted by Crippen LogP contribution is 2.29. The van der Waals surface area contributed by atoms with Crippen molar-refractivity contribution < 1.29 is 21.6 Å². The van der Waals surface area contributed by atoms with Gasteiger partial charge in [0.25, 0.3) is 0 Å². The van der Waals surface area contributed by atoms with E-state index in [2.05, 4.69) is 9.44 Å². The number of halogens is 1. The first-order chi connectivity index (χ1) is 12.5. The van der Waals surface area contributed by atoms with E-state index in [4.69, 9.17) is 16.3 Å². The molecule has 0 radical (unpaired) electrons. The minimum atomic E-state index is -3.83. The van der Waals surface area contributed by atoms with Crippen molar-refractivity contribution >= 4 is 37.3 Å². The number of nitrogens with one attached hydrogen (secondary N) is 2. The summed E-state index contributed by atoms with van der Waals surface area (Å²) in [7, 11) is -6.25. The lowest BCUT2D eigenvalue weighted by atomic mass is 10.2. The maximum absolute atomic E-state index is 12.5. The number of rotatable bonds is 8. The quantitative estimate of drug-likeness (QED) is 0.667. The molecule has 0 atom stereocenters. The second kappa shape index (κ2) is 8.47. The van der Waals surface area contributed by atoms with Crippen LogP contribution in [0.2, 0.25) is 5.02 Å². The zero-order valence-corrected chi connectivity index (χ0v) is 17.5. The van der Waals surface area contributed by atoms with Gasteiger partial charge in [-0.05, 0) is 49.7 Å². The largest absolute Gasteiger partial charge is 0.495 e. The predicted octanol–water partition coefficient (Wildman–Crippen LogP) is 2.98. The molecule has 0 amide bonds. The molecule has 0 unspecified atom stereocenters. The molecule has 0 saturated heterocycles. The fourth-order valence-corrected chi connectivity index (χ4v) is 5.04. The molecule has 0 aliphatic rings. The van der Waals surface area contributed by atoms with Crippen LogP contribution in [0.3, 0.4) is 0 Å². The fourth-order valence-electron chi connectivity index (χ4n) is 2.36. The summed E-state index contributed by atoms with van der Waals surface area (Å²) >= 11 is 5.89. The van der Waals surface area contributed by atoms with Gasteiger partial charge in [0.1, 0.15) is 5.75 Å². The lowest BCUT2D eigenvalue weighted by Crippen LogP contribution is -2.30.